The van der Waals surface area contributed by atoms with Crippen molar-refractivity contribution in [3.8, 4) is 0 Å². The molecule has 21 heavy (non-hydrogen) atoms. The maximum Gasteiger partial charge on any atom is 0.268 e. The molecule has 1 amide bonds. The van der Waals surface area contributed by atoms with E-state index >= 15 is 0 Å². The van der Waals surface area contributed by atoms with E-state index in [0.29, 0.717) is 17.3 Å². The molecule has 4 nitrogen and oxygen atoms in total. The Morgan fingerprint density at radius 2 is 2.05 bits per heavy atom. The minimum absolute atomic E-state index is 0.0381. The molecule has 1 aliphatic carbocycles. The molecule has 0 radical (unpaired) electrons. The number of nitrogens with zero attached hydrogens (tertiary/aromatic N) is 1. The van der Waals surface area contributed by atoms with Gasteiger partial charge >= 0.3 is 0 Å². The van der Waals surface area contributed by atoms with Gasteiger partial charge in [-0.1, -0.05) is 30.3 Å². The van der Waals surface area contributed by atoms with Crippen LogP contribution in [0.25, 0.3) is 0 Å². The Balaban J connectivity index is 1.69. The number of carbonyl (C=O) groups is 1. The summed E-state index contributed by atoms with van der Waals surface area (Å²) in [6, 6.07) is 12.5. The molecule has 1 aromatic heterocycles. The van der Waals surface area contributed by atoms with E-state index in [1.807, 2.05) is 42.8 Å². The third kappa shape index (κ3) is 2.79. The quantitative estimate of drug-likeness (QED) is 0.906. The summed E-state index contributed by atoms with van der Waals surface area (Å²) in [5.74, 6) is 0.402. The predicted octanol–water partition coefficient (Wildman–Crippen LogP) is 2.94. The molecule has 1 saturated carbocycles. The van der Waals surface area contributed by atoms with E-state index in [1.54, 1.807) is 6.07 Å². The lowest BCUT2D eigenvalue weighted by Crippen LogP contribution is -2.29. The predicted molar refractivity (Wildman–Crippen MR) is 84.3 cm³/mol. The Bertz CT molecular complexity index is 645. The second kappa shape index (κ2) is 5.28. The van der Waals surface area contributed by atoms with Crippen molar-refractivity contribution in [3.05, 3.63) is 53.9 Å². The second-order valence-electron chi connectivity index (χ2n) is 5.99. The van der Waals surface area contributed by atoms with Crippen molar-refractivity contribution in [2.45, 2.75) is 38.3 Å². The van der Waals surface area contributed by atoms with Crippen molar-refractivity contribution in [1.29, 1.82) is 0 Å². The van der Waals surface area contributed by atoms with E-state index in [1.165, 1.54) is 5.56 Å². The lowest BCUT2D eigenvalue weighted by Gasteiger charge is -2.12. The average molecular weight is 283 g/mol. The van der Waals surface area contributed by atoms with Crippen molar-refractivity contribution in [2.75, 3.05) is 5.73 Å². The van der Waals surface area contributed by atoms with Crippen LogP contribution in [0.4, 0.5) is 5.69 Å². The molecule has 1 aliphatic rings. The van der Waals surface area contributed by atoms with Gasteiger partial charge in [0.1, 0.15) is 5.69 Å². The van der Waals surface area contributed by atoms with E-state index in [9.17, 15) is 4.79 Å². The first kappa shape index (κ1) is 13.7. The molecule has 1 aromatic carbocycles. The highest BCUT2D eigenvalue weighted by atomic mass is 16.2. The highest BCUT2D eigenvalue weighted by molar-refractivity contribution is 5.94. The van der Waals surface area contributed by atoms with Gasteiger partial charge in [0, 0.05) is 24.2 Å². The summed E-state index contributed by atoms with van der Waals surface area (Å²) >= 11 is 0. The van der Waals surface area contributed by atoms with Crippen molar-refractivity contribution in [3.63, 3.8) is 0 Å². The van der Waals surface area contributed by atoms with Crippen molar-refractivity contribution < 1.29 is 4.79 Å². The Hall–Kier alpha value is -2.23. The SMILES string of the molecule is CC(C)n1cc(N)cc1C(=O)NC1CC1c1ccccc1. The van der Waals surface area contributed by atoms with E-state index in [0.717, 1.165) is 6.42 Å². The van der Waals surface area contributed by atoms with Crippen molar-refractivity contribution in [2.24, 2.45) is 0 Å². The van der Waals surface area contributed by atoms with Crippen LogP contribution in [0.15, 0.2) is 42.6 Å². The Labute approximate surface area is 125 Å². The Morgan fingerprint density at radius 1 is 1.33 bits per heavy atom. The lowest BCUT2D eigenvalue weighted by atomic mass is 10.1. The fourth-order valence-electron chi connectivity index (χ4n) is 2.78. The van der Waals surface area contributed by atoms with Gasteiger partial charge in [-0.05, 0) is 31.9 Å². The van der Waals surface area contributed by atoms with Gasteiger partial charge in [0.2, 0.25) is 0 Å². The number of hydrogen-bond donors (Lipinski definition) is 2. The number of nitrogens with two attached hydrogens (primary N) is 1. The maximum absolute atomic E-state index is 12.4. The molecule has 0 aliphatic heterocycles. The van der Waals surface area contributed by atoms with Gasteiger partial charge in [0.05, 0.1) is 5.69 Å². The van der Waals surface area contributed by atoms with Gasteiger partial charge in [-0.2, -0.15) is 0 Å². The molecule has 3 N–H and O–H groups in total. The van der Waals surface area contributed by atoms with Crippen LogP contribution in [0.3, 0.4) is 0 Å². The zero-order valence-electron chi connectivity index (χ0n) is 12.4. The number of amides is 1. The van der Waals surface area contributed by atoms with E-state index in [4.69, 9.17) is 5.73 Å². The van der Waals surface area contributed by atoms with E-state index in [2.05, 4.69) is 17.4 Å². The molecule has 4 heteroatoms. The molecule has 0 bridgehead atoms. The van der Waals surface area contributed by atoms with E-state index in [-0.39, 0.29) is 18.0 Å². The molecular weight excluding hydrogens is 262 g/mol. The normalized spacial score (nSPS) is 20.5. The van der Waals surface area contributed by atoms with Crippen LogP contribution in [0.1, 0.15) is 48.3 Å². The first-order valence-corrected chi connectivity index (χ1v) is 7.39. The molecule has 3 rings (SSSR count). The third-order valence-corrected chi connectivity index (χ3v) is 3.99. The molecule has 2 aromatic rings. The van der Waals surface area contributed by atoms with Crippen LogP contribution in [0.2, 0.25) is 0 Å². The number of benzene rings is 1. The van der Waals surface area contributed by atoms with Gasteiger partial charge in [-0.3, -0.25) is 4.79 Å². The van der Waals surface area contributed by atoms with Gasteiger partial charge < -0.3 is 15.6 Å². The topological polar surface area (TPSA) is 60.0 Å². The van der Waals surface area contributed by atoms with Crippen LogP contribution in [-0.4, -0.2) is 16.5 Å². The summed E-state index contributed by atoms with van der Waals surface area (Å²) in [6.45, 7) is 4.08. The molecule has 1 fully saturated rings. The van der Waals surface area contributed by atoms with Crippen molar-refractivity contribution in [1.82, 2.24) is 9.88 Å². The molecular formula is C17H21N3O. The average Bonchev–Trinajstić information content (AvgIpc) is 3.11. The summed E-state index contributed by atoms with van der Waals surface area (Å²) in [5.41, 5.74) is 8.38. The summed E-state index contributed by atoms with van der Waals surface area (Å²) in [7, 11) is 0. The van der Waals surface area contributed by atoms with Gasteiger partial charge in [0.25, 0.3) is 5.91 Å². The second-order valence-corrected chi connectivity index (χ2v) is 5.99. The Morgan fingerprint density at radius 3 is 2.71 bits per heavy atom. The maximum atomic E-state index is 12.4. The minimum atomic E-state index is -0.0381. The fraction of sp³-hybridized carbons (Fsp3) is 0.353. The number of aromatic nitrogens is 1. The molecule has 0 saturated heterocycles. The number of carbonyl (C=O) groups excluding carboxylic acids is 1. The van der Waals surface area contributed by atoms with Crippen LogP contribution < -0.4 is 11.1 Å². The molecule has 2 unspecified atom stereocenters. The summed E-state index contributed by atoms with van der Waals surface area (Å²) in [5, 5.41) is 3.11. The number of anilines is 1. The van der Waals surface area contributed by atoms with Crippen LogP contribution in [-0.2, 0) is 0 Å². The smallest absolute Gasteiger partial charge is 0.268 e. The fourth-order valence-corrected chi connectivity index (χ4v) is 2.78. The largest absolute Gasteiger partial charge is 0.397 e. The van der Waals surface area contributed by atoms with Crippen LogP contribution in [0, 0.1) is 0 Å². The molecule has 2 atom stereocenters. The number of hydrogen-bond acceptors (Lipinski definition) is 2. The minimum Gasteiger partial charge on any atom is -0.397 e. The first-order chi connectivity index (χ1) is 10.1. The van der Waals surface area contributed by atoms with Gasteiger partial charge in [0.15, 0.2) is 0 Å². The first-order valence-electron chi connectivity index (χ1n) is 7.39. The highest BCUT2D eigenvalue weighted by Crippen LogP contribution is 2.40. The number of rotatable bonds is 4. The van der Waals surface area contributed by atoms with Crippen LogP contribution in [0.5, 0.6) is 0 Å². The zero-order chi connectivity index (χ0) is 15.0. The lowest BCUT2D eigenvalue weighted by molar-refractivity contribution is 0.0939. The summed E-state index contributed by atoms with van der Waals surface area (Å²) < 4.78 is 1.92. The number of nitrogen functional groups attached to an aromatic ring is 1. The van der Waals surface area contributed by atoms with Crippen molar-refractivity contribution >= 4 is 11.6 Å². The van der Waals surface area contributed by atoms with E-state index < -0.39 is 0 Å². The Kier molecular flexibility index (Phi) is 3.45. The standard InChI is InChI=1S/C17H21N3O/c1-11(2)20-10-13(18)8-16(20)17(21)19-15-9-14(15)12-6-4-3-5-7-12/h3-8,10-11,14-15H,9,18H2,1-2H3,(H,19,21). The van der Waals surface area contributed by atoms with Gasteiger partial charge in [-0.25, -0.2) is 0 Å². The summed E-state index contributed by atoms with van der Waals surface area (Å²) in [6.07, 6.45) is 2.83. The zero-order valence-corrected chi connectivity index (χ0v) is 12.4. The monoisotopic (exact) mass is 283 g/mol. The summed E-state index contributed by atoms with van der Waals surface area (Å²) in [4.78, 5) is 12.4. The molecule has 0 spiro atoms. The number of nitrogens with one attached hydrogen (secondary N) is 1. The highest BCUT2D eigenvalue weighted by Gasteiger charge is 2.39. The molecule has 110 valence electrons. The molecule has 1 heterocycles. The van der Waals surface area contributed by atoms with Crippen LogP contribution >= 0.6 is 0 Å². The third-order valence-electron chi connectivity index (χ3n) is 3.99. The van der Waals surface area contributed by atoms with Gasteiger partial charge in [-0.15, -0.1) is 0 Å².